The number of aromatic nitrogens is 2. The van der Waals surface area contributed by atoms with Crippen LogP contribution in [0.15, 0.2) is 24.5 Å². The molecule has 32 heavy (non-hydrogen) atoms. The van der Waals surface area contributed by atoms with Crippen LogP contribution in [0.4, 0.5) is 5.69 Å². The molecule has 5 rings (SSSR count). The normalized spacial score (nSPS) is 43.1. The number of hydrogen-bond acceptors (Lipinski definition) is 3. The van der Waals surface area contributed by atoms with Gasteiger partial charge in [0.05, 0.1) is 31.5 Å². The Kier molecular flexibility index (Phi) is 5.75. The first-order chi connectivity index (χ1) is 15.4. The van der Waals surface area contributed by atoms with E-state index < -0.39 is 5.60 Å². The van der Waals surface area contributed by atoms with Crippen molar-refractivity contribution < 1.29 is 9.84 Å². The Balaban J connectivity index is 1.28. The molecule has 174 valence electrons. The van der Waals surface area contributed by atoms with Crippen LogP contribution in [0.3, 0.4) is 0 Å². The van der Waals surface area contributed by atoms with Gasteiger partial charge in [-0.2, -0.15) is 5.10 Å². The molecule has 0 spiro atoms. The molecular formula is C27H39N3O2. The maximum Gasteiger partial charge on any atom is 0.224 e. The van der Waals surface area contributed by atoms with E-state index in [1.807, 2.05) is 10.9 Å². The average molecular weight is 438 g/mol. The number of fused-ring (bicyclic) bond motifs is 5. The van der Waals surface area contributed by atoms with E-state index in [2.05, 4.69) is 23.4 Å². The second-order valence-electron chi connectivity index (χ2n) is 11.7. The Hall–Kier alpha value is -1.64. The molecule has 0 radical (unpaired) electrons. The van der Waals surface area contributed by atoms with Gasteiger partial charge in [-0.05, 0) is 98.7 Å². The fraction of sp³-hybridized carbons (Fsp3) is 0.778. The number of allylic oxidation sites excluding steroid dienone is 1. The Morgan fingerprint density at radius 3 is 2.78 bits per heavy atom. The van der Waals surface area contributed by atoms with E-state index in [-0.39, 0.29) is 0 Å². The lowest BCUT2D eigenvalue weighted by molar-refractivity contribution is -0.123. The SMILES string of the molecule is [C-]#[N+]c1cnn(CC(=C)[C@H]2CC[C@H]3[C@@H]4CC[C@H]5C[C@@](O)(COC)CC[C@@H]5[C@H]4CC[C@]23C)c1. The molecule has 4 fully saturated rings. The van der Waals surface area contributed by atoms with Gasteiger partial charge in [0.15, 0.2) is 0 Å². The van der Waals surface area contributed by atoms with Crippen LogP contribution in [0.25, 0.3) is 4.85 Å². The highest BCUT2D eigenvalue weighted by molar-refractivity contribution is 5.39. The van der Waals surface area contributed by atoms with Gasteiger partial charge in [0.1, 0.15) is 0 Å². The highest BCUT2D eigenvalue weighted by Gasteiger charge is 2.58. The summed E-state index contributed by atoms with van der Waals surface area (Å²) in [6.07, 6.45) is 14.4. The molecule has 4 saturated carbocycles. The summed E-state index contributed by atoms with van der Waals surface area (Å²) in [6.45, 7) is 15.5. The van der Waals surface area contributed by atoms with Crippen LogP contribution < -0.4 is 0 Å². The second-order valence-corrected chi connectivity index (χ2v) is 11.7. The van der Waals surface area contributed by atoms with Gasteiger partial charge >= 0.3 is 0 Å². The first-order valence-electron chi connectivity index (χ1n) is 12.7. The zero-order valence-electron chi connectivity index (χ0n) is 19.8. The summed E-state index contributed by atoms with van der Waals surface area (Å²) in [5, 5.41) is 15.3. The smallest absolute Gasteiger partial charge is 0.224 e. The Labute approximate surface area is 193 Å². The molecule has 8 atom stereocenters. The quantitative estimate of drug-likeness (QED) is 0.479. The zero-order chi connectivity index (χ0) is 22.5. The van der Waals surface area contributed by atoms with E-state index in [1.165, 1.54) is 50.5 Å². The molecule has 0 amide bonds. The molecule has 4 aliphatic rings. The summed E-state index contributed by atoms with van der Waals surface area (Å²) in [5.41, 5.74) is 1.66. The molecule has 4 aliphatic carbocycles. The number of hydrogen-bond donors (Lipinski definition) is 1. The fourth-order valence-corrected chi connectivity index (χ4v) is 8.85. The number of methoxy groups -OCH3 is 1. The molecule has 0 unspecified atom stereocenters. The first-order valence-corrected chi connectivity index (χ1v) is 12.7. The van der Waals surface area contributed by atoms with Gasteiger partial charge in [0.2, 0.25) is 5.69 Å². The summed E-state index contributed by atoms with van der Waals surface area (Å²) >= 11 is 0. The maximum absolute atomic E-state index is 11.0. The molecule has 0 saturated heterocycles. The van der Waals surface area contributed by atoms with Gasteiger partial charge in [-0.1, -0.05) is 19.1 Å². The lowest BCUT2D eigenvalue weighted by Gasteiger charge is -2.57. The standard InChI is InChI=1S/C27H39N3O2/c1-18(15-30-16-20(28-3)14-29-30)24-7-8-25-23-6-5-19-13-27(31,17-32-4)12-10-21(19)22(23)9-11-26(24,25)2/h14,16,19,21-25,31H,1,5-13,15,17H2,2,4H3/t19-,21-,22+,23+,24+,25-,26+,27+/m0/s1. The van der Waals surface area contributed by atoms with E-state index in [0.29, 0.717) is 29.5 Å². The minimum absolute atomic E-state index is 0.353. The minimum Gasteiger partial charge on any atom is -0.387 e. The number of aliphatic hydroxyl groups is 1. The third-order valence-corrected chi connectivity index (χ3v) is 10.1. The predicted molar refractivity (Wildman–Crippen MR) is 125 cm³/mol. The Morgan fingerprint density at radius 2 is 2.03 bits per heavy atom. The average Bonchev–Trinajstić information content (AvgIpc) is 3.36. The topological polar surface area (TPSA) is 51.6 Å². The van der Waals surface area contributed by atoms with Crippen molar-refractivity contribution in [2.75, 3.05) is 13.7 Å². The van der Waals surface area contributed by atoms with Crippen LogP contribution in [-0.2, 0) is 11.3 Å². The monoisotopic (exact) mass is 437 g/mol. The van der Waals surface area contributed by atoms with Gasteiger partial charge in [-0.15, -0.1) is 0 Å². The fourth-order valence-electron chi connectivity index (χ4n) is 8.85. The van der Waals surface area contributed by atoms with E-state index >= 15 is 0 Å². The van der Waals surface area contributed by atoms with E-state index in [9.17, 15) is 5.11 Å². The van der Waals surface area contributed by atoms with Crippen LogP contribution in [-0.4, -0.2) is 34.2 Å². The van der Waals surface area contributed by atoms with Crippen molar-refractivity contribution in [3.8, 4) is 0 Å². The molecule has 5 nitrogen and oxygen atoms in total. The van der Waals surface area contributed by atoms with Crippen LogP contribution in [0.2, 0.25) is 0 Å². The third kappa shape index (κ3) is 3.64. The number of rotatable bonds is 5. The van der Waals surface area contributed by atoms with Gasteiger partial charge in [-0.3, -0.25) is 4.68 Å². The van der Waals surface area contributed by atoms with Crippen LogP contribution in [0.5, 0.6) is 0 Å². The summed E-state index contributed by atoms with van der Waals surface area (Å²) in [5.74, 6) is 4.54. The summed E-state index contributed by atoms with van der Waals surface area (Å²) in [4.78, 5) is 3.49. The van der Waals surface area contributed by atoms with Crippen LogP contribution in [0, 0.1) is 47.5 Å². The van der Waals surface area contributed by atoms with Crippen molar-refractivity contribution in [1.82, 2.24) is 9.78 Å². The van der Waals surface area contributed by atoms with Crippen molar-refractivity contribution in [1.29, 1.82) is 0 Å². The van der Waals surface area contributed by atoms with Crippen LogP contribution in [0.1, 0.15) is 64.7 Å². The molecule has 1 N–H and O–H groups in total. The molecular weight excluding hydrogens is 398 g/mol. The van der Waals surface area contributed by atoms with E-state index in [0.717, 1.165) is 43.1 Å². The lowest BCUT2D eigenvalue weighted by Crippen LogP contribution is -2.52. The largest absolute Gasteiger partial charge is 0.387 e. The lowest BCUT2D eigenvalue weighted by atomic mass is 9.48. The molecule has 1 aromatic heterocycles. The van der Waals surface area contributed by atoms with Gasteiger partial charge in [0, 0.05) is 13.3 Å². The van der Waals surface area contributed by atoms with Crippen molar-refractivity contribution in [3.05, 3.63) is 36.0 Å². The highest BCUT2D eigenvalue weighted by Crippen LogP contribution is 2.65. The third-order valence-electron chi connectivity index (χ3n) is 10.1. The second kappa shape index (κ2) is 8.29. The molecule has 0 bridgehead atoms. The molecule has 0 aliphatic heterocycles. The molecule has 0 aromatic carbocycles. The van der Waals surface area contributed by atoms with E-state index in [4.69, 9.17) is 11.3 Å². The van der Waals surface area contributed by atoms with Gasteiger partial charge < -0.3 is 9.84 Å². The van der Waals surface area contributed by atoms with Crippen molar-refractivity contribution in [3.63, 3.8) is 0 Å². The van der Waals surface area contributed by atoms with Crippen LogP contribution >= 0.6 is 0 Å². The minimum atomic E-state index is -0.595. The zero-order valence-corrected chi connectivity index (χ0v) is 19.8. The summed E-state index contributed by atoms with van der Waals surface area (Å²) in [6, 6.07) is 0. The highest BCUT2D eigenvalue weighted by atomic mass is 16.5. The number of nitrogens with zero attached hydrogens (tertiary/aromatic N) is 3. The van der Waals surface area contributed by atoms with Crippen molar-refractivity contribution in [2.45, 2.75) is 76.9 Å². The molecule has 1 heterocycles. The summed E-state index contributed by atoms with van der Waals surface area (Å²) in [7, 11) is 1.71. The van der Waals surface area contributed by atoms with Gasteiger partial charge in [-0.25, -0.2) is 4.85 Å². The van der Waals surface area contributed by atoms with Crippen molar-refractivity contribution >= 4 is 5.69 Å². The first kappa shape index (κ1) is 22.2. The molecule has 1 aromatic rings. The Morgan fingerprint density at radius 1 is 1.22 bits per heavy atom. The maximum atomic E-state index is 11.0. The molecule has 5 heteroatoms. The summed E-state index contributed by atoms with van der Waals surface area (Å²) < 4.78 is 7.24. The number of ether oxygens (including phenoxy) is 1. The predicted octanol–water partition coefficient (Wildman–Crippen LogP) is 5.64. The van der Waals surface area contributed by atoms with Crippen molar-refractivity contribution in [2.24, 2.45) is 40.9 Å². The van der Waals surface area contributed by atoms with E-state index in [1.54, 1.807) is 13.3 Å². The van der Waals surface area contributed by atoms with Gasteiger partial charge in [0.25, 0.3) is 0 Å². The Bertz CT molecular complexity index is 903.